The molecule has 112 valence electrons. The Balaban J connectivity index is 2.44. The predicted molar refractivity (Wildman–Crippen MR) is 89.4 cm³/mol. The first-order valence-corrected chi connectivity index (χ1v) is 7.45. The minimum atomic E-state index is -0.881. The summed E-state index contributed by atoms with van der Waals surface area (Å²) in [6, 6.07) is 13.8. The molecule has 22 heavy (non-hydrogen) atoms. The van der Waals surface area contributed by atoms with Crippen LogP contribution in [0.4, 0.5) is 0 Å². The molecule has 3 nitrogen and oxygen atoms in total. The number of aryl methyl sites for hydroxylation is 3. The average molecular weight is 293 g/mol. The second-order valence-corrected chi connectivity index (χ2v) is 5.60. The number of aromatic carboxylic acids is 1. The Bertz CT molecular complexity index is 860. The largest absolute Gasteiger partial charge is 0.478 e. The molecule has 0 aliphatic rings. The van der Waals surface area contributed by atoms with E-state index in [1.54, 1.807) is 0 Å². The van der Waals surface area contributed by atoms with Crippen LogP contribution in [0.15, 0.2) is 42.5 Å². The number of hydrogen-bond acceptors (Lipinski definition) is 1. The molecule has 0 fully saturated rings. The molecular formula is C19H19NO2. The molecule has 3 heteroatoms. The van der Waals surface area contributed by atoms with Gasteiger partial charge >= 0.3 is 5.97 Å². The van der Waals surface area contributed by atoms with E-state index in [-0.39, 0.29) is 0 Å². The Labute approximate surface area is 129 Å². The second-order valence-electron chi connectivity index (χ2n) is 5.60. The van der Waals surface area contributed by atoms with Crippen molar-refractivity contribution in [2.24, 2.45) is 7.05 Å². The zero-order chi connectivity index (χ0) is 15.9. The number of carboxylic acid groups (broad SMARTS) is 1. The van der Waals surface area contributed by atoms with Crippen LogP contribution in [0.3, 0.4) is 0 Å². The van der Waals surface area contributed by atoms with Gasteiger partial charge in [0.2, 0.25) is 0 Å². The standard InChI is InChI=1S/C19H19NO2/c1-4-13-11-16-15(10-12(13)2)17(19(21)22)18(20(16)3)14-8-6-5-7-9-14/h5-11H,4H2,1-3H3,(H,21,22). The number of carboxylic acids is 1. The predicted octanol–water partition coefficient (Wildman–Crippen LogP) is 4.41. The number of fused-ring (bicyclic) bond motifs is 1. The van der Waals surface area contributed by atoms with Crippen LogP contribution >= 0.6 is 0 Å². The van der Waals surface area contributed by atoms with Crippen LogP contribution < -0.4 is 0 Å². The minimum absolute atomic E-state index is 0.384. The Kier molecular flexibility index (Phi) is 3.49. The summed E-state index contributed by atoms with van der Waals surface area (Å²) in [6.45, 7) is 4.16. The molecule has 2 aromatic carbocycles. The number of carbonyl (C=O) groups is 1. The number of hydrogen-bond donors (Lipinski definition) is 1. The van der Waals surface area contributed by atoms with Gasteiger partial charge in [-0.3, -0.25) is 0 Å². The summed E-state index contributed by atoms with van der Waals surface area (Å²) in [5.74, 6) is -0.881. The van der Waals surface area contributed by atoms with Gasteiger partial charge in [0.25, 0.3) is 0 Å². The summed E-state index contributed by atoms with van der Waals surface area (Å²) in [5, 5.41) is 10.6. The molecule has 0 saturated heterocycles. The van der Waals surface area contributed by atoms with Crippen molar-refractivity contribution in [2.45, 2.75) is 20.3 Å². The summed E-state index contributed by atoms with van der Waals surface area (Å²) in [7, 11) is 1.94. The second kappa shape index (κ2) is 5.34. The van der Waals surface area contributed by atoms with Crippen LogP contribution in [0, 0.1) is 6.92 Å². The molecular weight excluding hydrogens is 274 g/mol. The van der Waals surface area contributed by atoms with Crippen LogP contribution in [0.5, 0.6) is 0 Å². The quantitative estimate of drug-likeness (QED) is 0.777. The molecule has 3 aromatic rings. The normalized spacial score (nSPS) is 11.0. The molecule has 0 amide bonds. The molecule has 0 saturated carbocycles. The van der Waals surface area contributed by atoms with E-state index in [2.05, 4.69) is 13.0 Å². The summed E-state index contributed by atoms with van der Waals surface area (Å²) in [4.78, 5) is 11.9. The first kappa shape index (κ1) is 14.4. The SMILES string of the molecule is CCc1cc2c(cc1C)c(C(=O)O)c(-c1ccccc1)n2C. The van der Waals surface area contributed by atoms with Gasteiger partial charge in [-0.2, -0.15) is 0 Å². The average Bonchev–Trinajstić information content (AvgIpc) is 2.79. The van der Waals surface area contributed by atoms with E-state index in [1.807, 2.05) is 54.9 Å². The Morgan fingerprint density at radius 2 is 1.86 bits per heavy atom. The lowest BCUT2D eigenvalue weighted by Crippen LogP contribution is -2.00. The molecule has 1 aromatic heterocycles. The highest BCUT2D eigenvalue weighted by atomic mass is 16.4. The first-order valence-electron chi connectivity index (χ1n) is 7.45. The molecule has 0 atom stereocenters. The Morgan fingerprint density at radius 3 is 2.45 bits per heavy atom. The molecule has 0 bridgehead atoms. The van der Waals surface area contributed by atoms with E-state index in [0.717, 1.165) is 34.1 Å². The molecule has 0 unspecified atom stereocenters. The smallest absolute Gasteiger partial charge is 0.338 e. The highest BCUT2D eigenvalue weighted by Crippen LogP contribution is 2.34. The summed E-state index contributed by atoms with van der Waals surface area (Å²) >= 11 is 0. The number of rotatable bonds is 3. The van der Waals surface area contributed by atoms with Crippen LogP contribution in [0.1, 0.15) is 28.4 Å². The van der Waals surface area contributed by atoms with Gasteiger partial charge in [0, 0.05) is 18.0 Å². The highest BCUT2D eigenvalue weighted by molar-refractivity contribution is 6.10. The van der Waals surface area contributed by atoms with E-state index >= 15 is 0 Å². The van der Waals surface area contributed by atoms with Crippen molar-refractivity contribution < 1.29 is 9.90 Å². The third-order valence-electron chi connectivity index (χ3n) is 4.30. The number of aromatic nitrogens is 1. The fourth-order valence-electron chi connectivity index (χ4n) is 3.16. The maximum atomic E-state index is 11.9. The van der Waals surface area contributed by atoms with Crippen molar-refractivity contribution in [1.29, 1.82) is 0 Å². The molecule has 1 N–H and O–H groups in total. The van der Waals surface area contributed by atoms with Crippen molar-refractivity contribution in [3.63, 3.8) is 0 Å². The van der Waals surface area contributed by atoms with Gasteiger partial charge in [-0.25, -0.2) is 4.79 Å². The molecule has 3 rings (SSSR count). The van der Waals surface area contributed by atoms with Crippen molar-refractivity contribution in [1.82, 2.24) is 4.57 Å². The Morgan fingerprint density at radius 1 is 1.18 bits per heavy atom. The van der Waals surface area contributed by atoms with Crippen LogP contribution in [-0.4, -0.2) is 15.6 Å². The van der Waals surface area contributed by atoms with Crippen molar-refractivity contribution >= 4 is 16.9 Å². The highest BCUT2D eigenvalue weighted by Gasteiger charge is 2.22. The third-order valence-corrected chi connectivity index (χ3v) is 4.30. The van der Waals surface area contributed by atoms with Gasteiger partial charge in [-0.15, -0.1) is 0 Å². The van der Waals surface area contributed by atoms with Gasteiger partial charge in [-0.05, 0) is 42.2 Å². The van der Waals surface area contributed by atoms with Crippen molar-refractivity contribution in [3.8, 4) is 11.3 Å². The van der Waals surface area contributed by atoms with E-state index < -0.39 is 5.97 Å². The van der Waals surface area contributed by atoms with Gasteiger partial charge in [0.05, 0.1) is 11.3 Å². The summed E-state index contributed by atoms with van der Waals surface area (Å²) < 4.78 is 1.99. The van der Waals surface area contributed by atoms with E-state index in [4.69, 9.17) is 0 Å². The van der Waals surface area contributed by atoms with Gasteiger partial charge in [0.15, 0.2) is 0 Å². The number of nitrogens with zero attached hydrogens (tertiary/aromatic N) is 1. The molecule has 1 heterocycles. The monoisotopic (exact) mass is 293 g/mol. The lowest BCUT2D eigenvalue weighted by Gasteiger charge is -2.06. The molecule has 0 radical (unpaired) electrons. The van der Waals surface area contributed by atoms with Crippen molar-refractivity contribution in [3.05, 3.63) is 59.2 Å². The van der Waals surface area contributed by atoms with Crippen molar-refractivity contribution in [2.75, 3.05) is 0 Å². The van der Waals surface area contributed by atoms with E-state index in [0.29, 0.717) is 5.56 Å². The number of benzene rings is 2. The third kappa shape index (κ3) is 2.10. The first-order chi connectivity index (χ1) is 10.5. The zero-order valence-corrected chi connectivity index (χ0v) is 13.1. The molecule has 0 aliphatic heterocycles. The molecule has 0 spiro atoms. The lowest BCUT2D eigenvalue weighted by atomic mass is 10.0. The fourth-order valence-corrected chi connectivity index (χ4v) is 3.16. The maximum Gasteiger partial charge on any atom is 0.338 e. The van der Waals surface area contributed by atoms with Gasteiger partial charge < -0.3 is 9.67 Å². The zero-order valence-electron chi connectivity index (χ0n) is 13.1. The van der Waals surface area contributed by atoms with Gasteiger partial charge in [0.1, 0.15) is 0 Å². The van der Waals surface area contributed by atoms with Gasteiger partial charge in [-0.1, -0.05) is 37.3 Å². The summed E-state index contributed by atoms with van der Waals surface area (Å²) in [6.07, 6.45) is 0.941. The van der Waals surface area contributed by atoms with Crippen LogP contribution in [0.2, 0.25) is 0 Å². The minimum Gasteiger partial charge on any atom is -0.478 e. The van der Waals surface area contributed by atoms with E-state index in [1.165, 1.54) is 5.56 Å². The Hall–Kier alpha value is -2.55. The van der Waals surface area contributed by atoms with Crippen LogP contribution in [0.25, 0.3) is 22.2 Å². The lowest BCUT2D eigenvalue weighted by molar-refractivity contribution is 0.0699. The molecule has 0 aliphatic carbocycles. The van der Waals surface area contributed by atoms with E-state index in [9.17, 15) is 9.90 Å². The topological polar surface area (TPSA) is 42.2 Å². The van der Waals surface area contributed by atoms with Crippen LogP contribution in [-0.2, 0) is 13.5 Å². The summed E-state index contributed by atoms with van der Waals surface area (Å²) in [5.41, 5.74) is 5.44. The maximum absolute atomic E-state index is 11.9. The fraction of sp³-hybridized carbons (Fsp3) is 0.211.